The van der Waals surface area contributed by atoms with E-state index >= 15 is 0 Å². The van der Waals surface area contributed by atoms with Crippen LogP contribution in [0, 0.1) is 5.92 Å². The Morgan fingerprint density at radius 3 is 2.47 bits per heavy atom. The van der Waals surface area contributed by atoms with Crippen LogP contribution in [-0.4, -0.2) is 75.9 Å². The van der Waals surface area contributed by atoms with Crippen LogP contribution in [0.15, 0.2) is 49.2 Å². The first-order chi connectivity index (χ1) is 20.9. The van der Waals surface area contributed by atoms with Crippen LogP contribution in [0.25, 0.3) is 5.76 Å². The van der Waals surface area contributed by atoms with Crippen molar-refractivity contribution in [1.29, 1.82) is 0 Å². The second kappa shape index (κ2) is 21.5. The SMILES string of the molecule is C=CCCN(CCOC/C(=C\C)N(CC)CCN1CCCCC1)c1cc(C(=C)OC)ccc1C(C)C(CC)CCCCC. The Morgan fingerprint density at radius 2 is 1.84 bits per heavy atom. The molecule has 43 heavy (non-hydrogen) atoms. The molecule has 0 spiro atoms. The van der Waals surface area contributed by atoms with Crippen LogP contribution in [0.3, 0.4) is 0 Å². The van der Waals surface area contributed by atoms with Crippen molar-refractivity contribution in [2.24, 2.45) is 5.92 Å². The van der Waals surface area contributed by atoms with Crippen LogP contribution in [-0.2, 0) is 9.47 Å². The summed E-state index contributed by atoms with van der Waals surface area (Å²) >= 11 is 0. The minimum atomic E-state index is 0.474. The molecule has 1 aromatic carbocycles. The third kappa shape index (κ3) is 12.3. The molecule has 5 nitrogen and oxygen atoms in total. The summed E-state index contributed by atoms with van der Waals surface area (Å²) in [5.41, 5.74) is 5.04. The molecular weight excluding hydrogens is 530 g/mol. The van der Waals surface area contributed by atoms with Gasteiger partial charge >= 0.3 is 0 Å². The van der Waals surface area contributed by atoms with E-state index < -0.39 is 0 Å². The summed E-state index contributed by atoms with van der Waals surface area (Å²) in [5, 5.41) is 0. The van der Waals surface area contributed by atoms with Crippen molar-refractivity contribution in [3.8, 4) is 0 Å². The molecular formula is C38H65N3O2. The van der Waals surface area contributed by atoms with Gasteiger partial charge in [0.25, 0.3) is 0 Å². The molecule has 1 aliphatic heterocycles. The van der Waals surface area contributed by atoms with Crippen LogP contribution < -0.4 is 4.90 Å². The molecule has 1 aromatic rings. The minimum Gasteiger partial charge on any atom is -0.497 e. The Kier molecular flexibility index (Phi) is 18.4. The van der Waals surface area contributed by atoms with Crippen LogP contribution in [0.4, 0.5) is 5.69 Å². The van der Waals surface area contributed by atoms with Crippen LogP contribution >= 0.6 is 0 Å². The van der Waals surface area contributed by atoms with Crippen LogP contribution in [0.5, 0.6) is 0 Å². The number of unbranched alkanes of at least 4 members (excludes halogenated alkanes) is 2. The molecule has 0 radical (unpaired) electrons. The van der Waals surface area contributed by atoms with Gasteiger partial charge in [-0.15, -0.1) is 6.58 Å². The fraction of sp³-hybridized carbons (Fsp3) is 0.684. The molecule has 244 valence electrons. The Morgan fingerprint density at radius 1 is 1.07 bits per heavy atom. The third-order valence-corrected chi connectivity index (χ3v) is 9.45. The maximum Gasteiger partial charge on any atom is 0.118 e. The summed E-state index contributed by atoms with van der Waals surface area (Å²) in [6, 6.07) is 6.79. The molecule has 2 rings (SSSR count). The van der Waals surface area contributed by atoms with E-state index in [0.717, 1.165) is 44.7 Å². The van der Waals surface area contributed by atoms with E-state index in [2.05, 4.69) is 86.8 Å². The number of likely N-dealkylation sites (tertiary alicyclic amines) is 1. The van der Waals surface area contributed by atoms with Gasteiger partial charge in [0, 0.05) is 49.7 Å². The number of benzene rings is 1. The number of likely N-dealkylation sites (N-methyl/N-ethyl adjacent to an activating group) is 1. The van der Waals surface area contributed by atoms with Gasteiger partial charge in [-0.25, -0.2) is 0 Å². The maximum absolute atomic E-state index is 6.39. The van der Waals surface area contributed by atoms with Gasteiger partial charge in [-0.1, -0.05) is 83.7 Å². The number of nitrogens with zero attached hydrogens (tertiary/aromatic N) is 3. The van der Waals surface area contributed by atoms with Crippen molar-refractivity contribution in [1.82, 2.24) is 9.80 Å². The molecule has 5 heteroatoms. The lowest BCUT2D eigenvalue weighted by Crippen LogP contribution is -2.38. The third-order valence-electron chi connectivity index (χ3n) is 9.45. The first-order valence-electron chi connectivity index (χ1n) is 17.4. The average molecular weight is 596 g/mol. The highest BCUT2D eigenvalue weighted by Crippen LogP contribution is 2.38. The molecule has 1 heterocycles. The van der Waals surface area contributed by atoms with E-state index in [-0.39, 0.29) is 0 Å². The van der Waals surface area contributed by atoms with Gasteiger partial charge < -0.3 is 24.2 Å². The van der Waals surface area contributed by atoms with Crippen LogP contribution in [0.2, 0.25) is 0 Å². The average Bonchev–Trinajstić information content (AvgIpc) is 3.05. The minimum absolute atomic E-state index is 0.474. The highest BCUT2D eigenvalue weighted by molar-refractivity contribution is 5.67. The van der Waals surface area contributed by atoms with Crippen molar-refractivity contribution in [2.45, 2.75) is 98.3 Å². The zero-order valence-corrected chi connectivity index (χ0v) is 28.8. The molecule has 0 amide bonds. The summed E-state index contributed by atoms with van der Waals surface area (Å²) in [4.78, 5) is 7.62. The van der Waals surface area contributed by atoms with Gasteiger partial charge in [-0.2, -0.15) is 0 Å². The van der Waals surface area contributed by atoms with Crippen molar-refractivity contribution >= 4 is 11.4 Å². The molecule has 0 aliphatic carbocycles. The van der Waals surface area contributed by atoms with E-state index in [0.29, 0.717) is 30.8 Å². The second-order valence-electron chi connectivity index (χ2n) is 12.2. The van der Waals surface area contributed by atoms with Gasteiger partial charge in [-0.3, -0.25) is 0 Å². The Labute approximate surface area is 266 Å². The Bertz CT molecular complexity index is 953. The molecule has 0 saturated carbocycles. The van der Waals surface area contributed by atoms with Crippen molar-refractivity contribution < 1.29 is 9.47 Å². The standard InChI is InChI=1S/C38H65N3O2/c1-9-14-17-20-34(11-3)32(6)37-22-21-35(33(7)42-8)30-38(37)41(25-15-10-2)28-29-43-31-36(12-4)40(13-5)27-26-39-23-18-16-19-24-39/h10,12,21-22,30,32,34H,2,7,9,11,13-20,23-29,31H2,1,3-6,8H3/b36-12+. The molecule has 2 unspecified atom stereocenters. The van der Waals surface area contributed by atoms with E-state index in [1.54, 1.807) is 7.11 Å². The zero-order valence-electron chi connectivity index (χ0n) is 28.8. The highest BCUT2D eigenvalue weighted by atomic mass is 16.5. The number of allylic oxidation sites excluding steroid dienone is 1. The highest BCUT2D eigenvalue weighted by Gasteiger charge is 2.23. The number of rotatable bonds is 23. The molecule has 1 fully saturated rings. The molecule has 0 N–H and O–H groups in total. The largest absolute Gasteiger partial charge is 0.497 e. The number of methoxy groups -OCH3 is 1. The number of anilines is 1. The first-order valence-corrected chi connectivity index (χ1v) is 17.4. The van der Waals surface area contributed by atoms with Gasteiger partial charge in [0.05, 0.1) is 20.3 Å². The molecule has 0 aromatic heterocycles. The monoisotopic (exact) mass is 596 g/mol. The van der Waals surface area contributed by atoms with Gasteiger partial charge in [0.1, 0.15) is 5.76 Å². The first kappa shape index (κ1) is 36.9. The zero-order chi connectivity index (χ0) is 31.5. The van der Waals surface area contributed by atoms with Gasteiger partial charge in [-0.05, 0) is 76.1 Å². The lowest BCUT2D eigenvalue weighted by atomic mass is 9.81. The summed E-state index contributed by atoms with van der Waals surface area (Å²) in [5.74, 6) is 1.85. The summed E-state index contributed by atoms with van der Waals surface area (Å²) in [6.45, 7) is 28.4. The van der Waals surface area contributed by atoms with Crippen molar-refractivity contribution in [2.75, 3.05) is 71.0 Å². The molecule has 2 atom stereocenters. The van der Waals surface area contributed by atoms with E-state index in [1.165, 1.54) is 81.4 Å². The van der Waals surface area contributed by atoms with Gasteiger partial charge in [0.2, 0.25) is 0 Å². The van der Waals surface area contributed by atoms with E-state index in [9.17, 15) is 0 Å². The van der Waals surface area contributed by atoms with Crippen molar-refractivity contribution in [3.63, 3.8) is 0 Å². The molecule has 0 bridgehead atoms. The summed E-state index contributed by atoms with van der Waals surface area (Å²) in [7, 11) is 1.70. The topological polar surface area (TPSA) is 28.2 Å². The molecule has 1 saturated heterocycles. The predicted molar refractivity (Wildman–Crippen MR) is 188 cm³/mol. The number of hydrogen-bond acceptors (Lipinski definition) is 5. The Hall–Kier alpha value is -2.24. The lowest BCUT2D eigenvalue weighted by molar-refractivity contribution is 0.132. The van der Waals surface area contributed by atoms with E-state index in [1.807, 2.05) is 6.08 Å². The normalized spacial score (nSPS) is 15.6. The maximum atomic E-state index is 6.39. The quantitative estimate of drug-likeness (QED) is 0.0715. The predicted octanol–water partition coefficient (Wildman–Crippen LogP) is 9.12. The van der Waals surface area contributed by atoms with Crippen LogP contribution in [0.1, 0.15) is 109 Å². The number of piperidine rings is 1. The lowest BCUT2D eigenvalue weighted by Gasteiger charge is -2.33. The Balaban J connectivity index is 2.16. The van der Waals surface area contributed by atoms with Gasteiger partial charge in [0.15, 0.2) is 0 Å². The fourth-order valence-electron chi connectivity index (χ4n) is 6.47. The summed E-state index contributed by atoms with van der Waals surface area (Å²) in [6.07, 6.45) is 15.6. The molecule has 1 aliphatic rings. The fourth-order valence-corrected chi connectivity index (χ4v) is 6.47. The second-order valence-corrected chi connectivity index (χ2v) is 12.2. The van der Waals surface area contributed by atoms with Crippen molar-refractivity contribution in [3.05, 3.63) is 60.3 Å². The number of hydrogen-bond donors (Lipinski definition) is 0. The van der Waals surface area contributed by atoms with E-state index in [4.69, 9.17) is 9.47 Å². The smallest absolute Gasteiger partial charge is 0.118 e. The number of ether oxygens (including phenoxy) is 2. The summed E-state index contributed by atoms with van der Waals surface area (Å²) < 4.78 is 11.9.